The summed E-state index contributed by atoms with van der Waals surface area (Å²) in [5.41, 5.74) is 2.36. The Morgan fingerprint density at radius 3 is 1.33 bits per heavy atom. The summed E-state index contributed by atoms with van der Waals surface area (Å²) in [4.78, 5) is 0. The van der Waals surface area contributed by atoms with Crippen LogP contribution in [0.3, 0.4) is 0 Å². The molecule has 8 aromatic rings. The second kappa shape index (κ2) is 10.3. The molecule has 188 valence electrons. The molecule has 0 N–H and O–H groups in total. The Morgan fingerprint density at radius 2 is 0.923 bits per heavy atom. The normalized spacial score (nSPS) is 11.1. The van der Waals surface area contributed by atoms with E-state index < -0.39 is 0 Å². The molecule has 0 radical (unpaired) electrons. The van der Waals surface area contributed by atoms with Crippen LogP contribution in [-0.4, -0.2) is 0 Å². The quantitative estimate of drug-likeness (QED) is 0.135. The number of hydrogen-bond donors (Lipinski definition) is 0. The van der Waals surface area contributed by atoms with E-state index in [1.54, 1.807) is 0 Å². The van der Waals surface area contributed by atoms with Crippen LogP contribution in [0.15, 0.2) is 130 Å². The third-order valence-electron chi connectivity index (χ3n) is 7.33. The van der Waals surface area contributed by atoms with Crippen molar-refractivity contribution in [3.05, 3.63) is 133 Å². The average Bonchev–Trinajstić information content (AvgIpc) is 3.75. The van der Waals surface area contributed by atoms with Crippen molar-refractivity contribution in [2.75, 3.05) is 0 Å². The molecule has 0 atom stereocenters. The molecule has 0 saturated heterocycles. The zero-order chi connectivity index (χ0) is 25.6. The zero-order valence-corrected chi connectivity index (χ0v) is 25.5. The predicted octanol–water partition coefficient (Wildman–Crippen LogP) is 10.6. The summed E-state index contributed by atoms with van der Waals surface area (Å²) in [6.45, 7) is 3.96. The van der Waals surface area contributed by atoms with Gasteiger partial charge in [-0.2, -0.15) is 0 Å². The Labute approximate surface area is 246 Å². The van der Waals surface area contributed by atoms with E-state index in [9.17, 15) is 0 Å². The SMILES string of the molecule is Cc1ccc(-c2c[cH-]c3ccc4ccccc4c23)o1.Cc1ccc(-c2c[cH-]c3ccc4ccccc4c23)o1.[Hf]. The minimum Gasteiger partial charge on any atom is -0.472 e. The van der Waals surface area contributed by atoms with Crippen LogP contribution in [0.5, 0.6) is 0 Å². The van der Waals surface area contributed by atoms with Crippen LogP contribution in [0.2, 0.25) is 0 Å². The maximum Gasteiger partial charge on any atom is 0.0998 e. The van der Waals surface area contributed by atoms with Crippen molar-refractivity contribution in [2.45, 2.75) is 13.8 Å². The molecular weight excluding hydrogens is 643 g/mol. The largest absolute Gasteiger partial charge is 0.472 e. The first-order chi connectivity index (χ1) is 18.7. The first kappa shape index (κ1) is 25.3. The van der Waals surface area contributed by atoms with E-state index in [-0.39, 0.29) is 25.8 Å². The first-order valence-corrected chi connectivity index (χ1v) is 12.9. The van der Waals surface area contributed by atoms with Gasteiger partial charge in [0.2, 0.25) is 0 Å². The molecule has 2 nitrogen and oxygen atoms in total. The fourth-order valence-electron chi connectivity index (χ4n) is 5.54. The Bertz CT molecular complexity index is 1910. The summed E-state index contributed by atoms with van der Waals surface area (Å²) in [5, 5.41) is 10.2. The van der Waals surface area contributed by atoms with Crippen LogP contribution in [0.25, 0.3) is 65.7 Å². The van der Waals surface area contributed by atoms with E-state index in [2.05, 4.69) is 97.1 Å². The predicted molar refractivity (Wildman–Crippen MR) is 159 cm³/mol. The molecule has 8 rings (SSSR count). The van der Waals surface area contributed by atoms with Gasteiger partial charge < -0.3 is 8.83 Å². The number of benzene rings is 4. The second-order valence-electron chi connectivity index (χ2n) is 9.82. The van der Waals surface area contributed by atoms with Gasteiger partial charge in [0.15, 0.2) is 0 Å². The van der Waals surface area contributed by atoms with Crippen LogP contribution >= 0.6 is 0 Å². The van der Waals surface area contributed by atoms with E-state index in [1.807, 2.05) is 38.1 Å². The monoisotopic (exact) mass is 670 g/mol. The second-order valence-corrected chi connectivity index (χ2v) is 9.82. The average molecular weight is 669 g/mol. The van der Waals surface area contributed by atoms with Crippen molar-refractivity contribution < 1.29 is 34.7 Å². The van der Waals surface area contributed by atoms with Crippen LogP contribution < -0.4 is 0 Å². The fourth-order valence-corrected chi connectivity index (χ4v) is 5.54. The third-order valence-corrected chi connectivity index (χ3v) is 7.33. The summed E-state index contributed by atoms with van der Waals surface area (Å²) in [6, 6.07) is 42.4. The van der Waals surface area contributed by atoms with E-state index in [1.165, 1.54) is 54.2 Å². The van der Waals surface area contributed by atoms with Crippen molar-refractivity contribution in [1.82, 2.24) is 0 Å². The van der Waals surface area contributed by atoms with Crippen LogP contribution in [-0.2, 0) is 25.8 Å². The molecule has 0 fully saturated rings. The van der Waals surface area contributed by atoms with Gasteiger partial charge in [0.25, 0.3) is 0 Å². The van der Waals surface area contributed by atoms with Gasteiger partial charge in [-0.05, 0) is 48.9 Å². The molecule has 0 aliphatic heterocycles. The van der Waals surface area contributed by atoms with Crippen LogP contribution in [0.1, 0.15) is 11.5 Å². The van der Waals surface area contributed by atoms with Crippen molar-refractivity contribution in [2.24, 2.45) is 0 Å². The Balaban J connectivity index is 0.000000138. The molecule has 3 heteroatoms. The summed E-state index contributed by atoms with van der Waals surface area (Å²) in [6.07, 6.45) is 0. The Morgan fingerprint density at radius 1 is 0.487 bits per heavy atom. The summed E-state index contributed by atoms with van der Waals surface area (Å²) < 4.78 is 11.6. The van der Waals surface area contributed by atoms with Crippen molar-refractivity contribution >= 4 is 43.1 Å². The number of fused-ring (bicyclic) bond motifs is 6. The molecule has 0 amide bonds. The van der Waals surface area contributed by atoms with Gasteiger partial charge in [-0.15, -0.1) is 57.9 Å². The van der Waals surface area contributed by atoms with E-state index in [0.29, 0.717) is 0 Å². The van der Waals surface area contributed by atoms with Gasteiger partial charge in [0.1, 0.15) is 0 Å². The Hall–Kier alpha value is -3.95. The van der Waals surface area contributed by atoms with Gasteiger partial charge in [0, 0.05) is 25.8 Å². The molecule has 0 aliphatic carbocycles. The number of hydrogen-bond acceptors (Lipinski definition) is 2. The number of aryl methyl sites for hydroxylation is 2. The van der Waals surface area contributed by atoms with Crippen molar-refractivity contribution in [1.29, 1.82) is 0 Å². The Kier molecular flexibility index (Phi) is 6.70. The topological polar surface area (TPSA) is 26.3 Å². The summed E-state index contributed by atoms with van der Waals surface area (Å²) in [5.74, 6) is 3.79. The van der Waals surface area contributed by atoms with Crippen LogP contribution in [0.4, 0.5) is 0 Å². The van der Waals surface area contributed by atoms with Gasteiger partial charge in [-0.1, -0.05) is 82.6 Å². The van der Waals surface area contributed by atoms with E-state index in [4.69, 9.17) is 8.83 Å². The number of rotatable bonds is 2. The summed E-state index contributed by atoms with van der Waals surface area (Å²) in [7, 11) is 0. The van der Waals surface area contributed by atoms with Crippen molar-refractivity contribution in [3.8, 4) is 22.6 Å². The molecule has 0 saturated carbocycles. The van der Waals surface area contributed by atoms with Crippen LogP contribution in [0, 0.1) is 13.8 Å². The third kappa shape index (κ3) is 4.51. The molecular formula is C36H26HfO2-2. The van der Waals surface area contributed by atoms with Gasteiger partial charge >= 0.3 is 0 Å². The molecule has 0 unspecified atom stereocenters. The van der Waals surface area contributed by atoms with Gasteiger partial charge in [-0.25, -0.2) is 0 Å². The van der Waals surface area contributed by atoms with Crippen molar-refractivity contribution in [3.63, 3.8) is 0 Å². The number of furan rings is 2. The minimum atomic E-state index is 0. The molecule has 6 aromatic carbocycles. The standard InChI is InChI=1S/2C18H13O.Hf/c2*1-12-6-11-17(19-12)16-10-9-14-8-7-13-4-2-3-5-15(13)18(14)16;/h2*2-11H,1H3;/q2*-1;. The van der Waals surface area contributed by atoms with Gasteiger partial charge in [0.05, 0.1) is 23.0 Å². The fraction of sp³-hybridized carbons (Fsp3) is 0.0556. The van der Waals surface area contributed by atoms with E-state index >= 15 is 0 Å². The smallest absolute Gasteiger partial charge is 0.0998 e. The molecule has 2 heterocycles. The summed E-state index contributed by atoms with van der Waals surface area (Å²) >= 11 is 0. The molecule has 39 heavy (non-hydrogen) atoms. The molecule has 0 spiro atoms. The molecule has 2 aromatic heterocycles. The minimum absolute atomic E-state index is 0. The maximum absolute atomic E-state index is 5.78. The zero-order valence-electron chi connectivity index (χ0n) is 21.9. The molecule has 0 bridgehead atoms. The van der Waals surface area contributed by atoms with Gasteiger partial charge in [-0.3, -0.25) is 0 Å². The molecule has 0 aliphatic rings. The van der Waals surface area contributed by atoms with E-state index in [0.717, 1.165) is 23.0 Å². The maximum atomic E-state index is 5.78. The first-order valence-electron chi connectivity index (χ1n) is 12.9.